The van der Waals surface area contributed by atoms with Crippen molar-refractivity contribution in [1.82, 2.24) is 5.32 Å². The third kappa shape index (κ3) is 5.06. The molecule has 6 nitrogen and oxygen atoms in total. The van der Waals surface area contributed by atoms with Crippen LogP contribution in [0.15, 0.2) is 47.4 Å². The number of amides is 1. The number of hydrogen-bond acceptors (Lipinski definition) is 4. The average Bonchev–Trinajstić information content (AvgIpc) is 2.54. The fourth-order valence-corrected chi connectivity index (χ4v) is 3.87. The van der Waals surface area contributed by atoms with E-state index in [2.05, 4.69) is 10.0 Å². The summed E-state index contributed by atoms with van der Waals surface area (Å²) in [5.74, 6) is -0.346. The molecular formula is C19H24N2O4S. The Morgan fingerprint density at radius 3 is 2.54 bits per heavy atom. The number of rotatable bonds is 7. The van der Waals surface area contributed by atoms with Gasteiger partial charge in [0.2, 0.25) is 0 Å². The van der Waals surface area contributed by atoms with Gasteiger partial charge in [0.25, 0.3) is 15.9 Å². The van der Waals surface area contributed by atoms with Gasteiger partial charge in [-0.25, -0.2) is 8.42 Å². The van der Waals surface area contributed by atoms with Gasteiger partial charge in [0, 0.05) is 24.4 Å². The summed E-state index contributed by atoms with van der Waals surface area (Å²) in [7, 11) is -2.26. The Balaban J connectivity index is 2.29. The van der Waals surface area contributed by atoms with E-state index in [1.54, 1.807) is 44.4 Å². The summed E-state index contributed by atoms with van der Waals surface area (Å²) in [6.45, 7) is 5.76. The van der Waals surface area contributed by atoms with E-state index in [1.807, 2.05) is 19.9 Å². The molecular weight excluding hydrogens is 352 g/mol. The second-order valence-electron chi connectivity index (χ2n) is 6.29. The summed E-state index contributed by atoms with van der Waals surface area (Å²) < 4.78 is 33.1. The first-order valence-electron chi connectivity index (χ1n) is 8.23. The van der Waals surface area contributed by atoms with Crippen LogP contribution >= 0.6 is 0 Å². The number of carbonyl (C=O) groups is 1. The van der Waals surface area contributed by atoms with E-state index in [0.717, 1.165) is 5.56 Å². The van der Waals surface area contributed by atoms with Gasteiger partial charge in [-0.3, -0.25) is 9.52 Å². The quantitative estimate of drug-likeness (QED) is 0.778. The van der Waals surface area contributed by atoms with Crippen molar-refractivity contribution in [2.24, 2.45) is 0 Å². The highest BCUT2D eigenvalue weighted by Crippen LogP contribution is 2.21. The second kappa shape index (κ2) is 8.33. The van der Waals surface area contributed by atoms with Gasteiger partial charge in [-0.15, -0.1) is 0 Å². The zero-order valence-corrected chi connectivity index (χ0v) is 16.2. The zero-order chi connectivity index (χ0) is 19.3. The fraction of sp³-hybridized carbons (Fsp3) is 0.316. The Hall–Kier alpha value is -2.38. The minimum absolute atomic E-state index is 0.0750. The molecule has 0 saturated heterocycles. The van der Waals surface area contributed by atoms with Gasteiger partial charge in [-0.1, -0.05) is 18.2 Å². The van der Waals surface area contributed by atoms with E-state index < -0.39 is 10.0 Å². The molecule has 0 saturated carbocycles. The number of nitrogens with one attached hydrogen (secondary N) is 2. The number of anilines is 1. The number of methoxy groups -OCH3 is 1. The van der Waals surface area contributed by atoms with E-state index in [9.17, 15) is 13.2 Å². The van der Waals surface area contributed by atoms with E-state index in [1.165, 1.54) is 6.07 Å². The lowest BCUT2D eigenvalue weighted by Gasteiger charge is -2.15. The van der Waals surface area contributed by atoms with Crippen LogP contribution in [-0.2, 0) is 14.8 Å². The molecule has 0 heterocycles. The zero-order valence-electron chi connectivity index (χ0n) is 15.4. The molecule has 140 valence electrons. The highest BCUT2D eigenvalue weighted by molar-refractivity contribution is 7.92. The topological polar surface area (TPSA) is 84.5 Å². The molecule has 0 bridgehead atoms. The minimum atomic E-state index is -3.81. The minimum Gasteiger partial charge on any atom is -0.383 e. The lowest BCUT2D eigenvalue weighted by molar-refractivity contribution is 0.0905. The van der Waals surface area contributed by atoms with Gasteiger partial charge in [-0.2, -0.15) is 0 Å². The van der Waals surface area contributed by atoms with Crippen LogP contribution in [0, 0.1) is 13.8 Å². The lowest BCUT2D eigenvalue weighted by Crippen LogP contribution is -2.35. The van der Waals surface area contributed by atoms with Crippen molar-refractivity contribution in [1.29, 1.82) is 0 Å². The van der Waals surface area contributed by atoms with Gasteiger partial charge in [0.15, 0.2) is 0 Å². The number of ether oxygens (including phenoxy) is 1. The van der Waals surface area contributed by atoms with Gasteiger partial charge in [-0.05, 0) is 56.2 Å². The SMILES string of the molecule is COC[C@@H](C)NC(=O)c1ccc(C)c(S(=O)(=O)Nc2cccc(C)c2)c1. The van der Waals surface area contributed by atoms with E-state index >= 15 is 0 Å². The molecule has 7 heteroatoms. The number of aryl methyl sites for hydroxylation is 2. The summed E-state index contributed by atoms with van der Waals surface area (Å²) in [5.41, 5.74) is 2.27. The van der Waals surface area contributed by atoms with Crippen LogP contribution in [0.1, 0.15) is 28.4 Å². The average molecular weight is 376 g/mol. The van der Waals surface area contributed by atoms with Crippen LogP contribution in [0.25, 0.3) is 0 Å². The highest BCUT2D eigenvalue weighted by atomic mass is 32.2. The molecule has 2 aromatic rings. The number of carbonyl (C=O) groups excluding carboxylic acids is 1. The first kappa shape index (κ1) is 19.9. The maximum Gasteiger partial charge on any atom is 0.262 e. The van der Waals surface area contributed by atoms with Crippen LogP contribution in [0.2, 0.25) is 0 Å². The molecule has 0 aliphatic rings. The van der Waals surface area contributed by atoms with Crippen molar-refractivity contribution in [2.45, 2.75) is 31.7 Å². The lowest BCUT2D eigenvalue weighted by atomic mass is 10.1. The van der Waals surface area contributed by atoms with Crippen LogP contribution in [0.3, 0.4) is 0 Å². The molecule has 1 atom stereocenters. The predicted molar refractivity (Wildman–Crippen MR) is 102 cm³/mol. The highest BCUT2D eigenvalue weighted by Gasteiger charge is 2.20. The number of sulfonamides is 1. The monoisotopic (exact) mass is 376 g/mol. The Morgan fingerprint density at radius 1 is 1.15 bits per heavy atom. The van der Waals surface area contributed by atoms with Crippen LogP contribution in [-0.4, -0.2) is 34.1 Å². The maximum atomic E-state index is 12.8. The summed E-state index contributed by atoms with van der Waals surface area (Å²) in [4.78, 5) is 12.4. The molecule has 0 radical (unpaired) electrons. The van der Waals surface area contributed by atoms with Gasteiger partial charge < -0.3 is 10.1 Å². The molecule has 0 spiro atoms. The summed E-state index contributed by atoms with van der Waals surface area (Å²) in [6.07, 6.45) is 0. The standard InChI is InChI=1S/C19H24N2O4S/c1-13-6-5-7-17(10-13)21-26(23,24)18-11-16(9-8-14(18)2)19(22)20-15(3)12-25-4/h5-11,15,21H,12H2,1-4H3,(H,20,22)/t15-/m1/s1. The predicted octanol–water partition coefficient (Wildman–Crippen LogP) is 2.87. The van der Waals surface area contributed by atoms with Crippen molar-refractivity contribution in [2.75, 3.05) is 18.4 Å². The Kier molecular flexibility index (Phi) is 6.39. The van der Waals surface area contributed by atoms with Crippen LogP contribution in [0.5, 0.6) is 0 Å². The molecule has 1 amide bonds. The molecule has 0 aliphatic carbocycles. The van der Waals surface area contributed by atoms with Crippen molar-refractivity contribution in [3.63, 3.8) is 0 Å². The molecule has 0 unspecified atom stereocenters. The molecule has 2 rings (SSSR count). The van der Waals surface area contributed by atoms with E-state index in [0.29, 0.717) is 17.9 Å². The largest absolute Gasteiger partial charge is 0.383 e. The molecule has 0 aliphatic heterocycles. The molecule has 0 aromatic heterocycles. The van der Waals surface area contributed by atoms with Gasteiger partial charge in [0.1, 0.15) is 0 Å². The second-order valence-corrected chi connectivity index (χ2v) is 7.94. The molecule has 0 fully saturated rings. The summed E-state index contributed by atoms with van der Waals surface area (Å²) >= 11 is 0. The van der Waals surface area contributed by atoms with Crippen molar-refractivity contribution >= 4 is 21.6 Å². The molecule has 2 aromatic carbocycles. The van der Waals surface area contributed by atoms with Gasteiger partial charge >= 0.3 is 0 Å². The number of hydrogen-bond donors (Lipinski definition) is 2. The summed E-state index contributed by atoms with van der Waals surface area (Å²) in [5, 5.41) is 2.77. The Bertz CT molecular complexity index is 894. The maximum absolute atomic E-state index is 12.8. The van der Waals surface area contributed by atoms with Crippen molar-refractivity contribution in [3.05, 3.63) is 59.2 Å². The first-order chi connectivity index (χ1) is 12.2. The van der Waals surface area contributed by atoms with Crippen LogP contribution in [0.4, 0.5) is 5.69 Å². The smallest absolute Gasteiger partial charge is 0.262 e. The third-order valence-electron chi connectivity index (χ3n) is 3.80. The van der Waals surface area contributed by atoms with E-state index in [-0.39, 0.29) is 22.4 Å². The Labute approximate surface area is 154 Å². The Morgan fingerprint density at radius 2 is 1.88 bits per heavy atom. The van der Waals surface area contributed by atoms with Crippen molar-refractivity contribution < 1.29 is 17.9 Å². The van der Waals surface area contributed by atoms with Crippen molar-refractivity contribution in [3.8, 4) is 0 Å². The fourth-order valence-electron chi connectivity index (χ4n) is 2.55. The van der Waals surface area contributed by atoms with Gasteiger partial charge in [0.05, 0.1) is 11.5 Å². The molecule has 2 N–H and O–H groups in total. The normalized spacial score (nSPS) is 12.5. The number of benzene rings is 2. The van der Waals surface area contributed by atoms with Crippen LogP contribution < -0.4 is 10.0 Å². The third-order valence-corrected chi connectivity index (χ3v) is 5.33. The summed E-state index contributed by atoms with van der Waals surface area (Å²) in [6, 6.07) is 11.5. The van der Waals surface area contributed by atoms with E-state index in [4.69, 9.17) is 4.74 Å². The molecule has 26 heavy (non-hydrogen) atoms. The first-order valence-corrected chi connectivity index (χ1v) is 9.71.